The van der Waals surface area contributed by atoms with Crippen LogP contribution >= 0.6 is 0 Å². The quantitative estimate of drug-likeness (QED) is 0.665. The Labute approximate surface area is 170 Å². The molecule has 1 aliphatic heterocycles. The molecule has 0 N–H and O–H groups in total. The molecule has 150 valence electrons. The SMILES string of the molecule is CCc1ccc(C2c3c(oc4ccc(C)cc4c3=O)C(=O)N2CCN(C)C)cc1. The first-order valence-corrected chi connectivity index (χ1v) is 10.0. The summed E-state index contributed by atoms with van der Waals surface area (Å²) < 4.78 is 5.98. The van der Waals surface area contributed by atoms with E-state index in [1.807, 2.05) is 50.2 Å². The van der Waals surface area contributed by atoms with E-state index in [-0.39, 0.29) is 17.1 Å². The molecule has 1 unspecified atom stereocenters. The van der Waals surface area contributed by atoms with E-state index in [4.69, 9.17) is 4.42 Å². The van der Waals surface area contributed by atoms with E-state index in [0.717, 1.165) is 17.5 Å². The second kappa shape index (κ2) is 7.48. The molecular formula is C24H26N2O3. The number of nitrogens with zero attached hydrogens (tertiary/aromatic N) is 2. The van der Waals surface area contributed by atoms with Crippen molar-refractivity contribution in [3.05, 3.63) is 80.7 Å². The van der Waals surface area contributed by atoms with Crippen LogP contribution in [0.5, 0.6) is 0 Å². The lowest BCUT2D eigenvalue weighted by Gasteiger charge is -2.26. The summed E-state index contributed by atoms with van der Waals surface area (Å²) in [4.78, 5) is 30.5. The number of likely N-dealkylation sites (N-methyl/N-ethyl adjacent to an activating group) is 1. The highest BCUT2D eigenvalue weighted by atomic mass is 16.3. The Bertz CT molecular complexity index is 1130. The van der Waals surface area contributed by atoms with Gasteiger partial charge in [0.2, 0.25) is 5.76 Å². The van der Waals surface area contributed by atoms with Crippen molar-refractivity contribution in [2.45, 2.75) is 26.3 Å². The molecule has 3 aromatic rings. The molecule has 0 saturated heterocycles. The Morgan fingerprint density at radius 1 is 1.07 bits per heavy atom. The zero-order valence-electron chi connectivity index (χ0n) is 17.4. The fourth-order valence-corrected chi connectivity index (χ4v) is 3.95. The van der Waals surface area contributed by atoms with Crippen molar-refractivity contribution in [3.8, 4) is 0 Å². The maximum absolute atomic E-state index is 13.5. The van der Waals surface area contributed by atoms with Crippen LogP contribution in [0.25, 0.3) is 11.0 Å². The average molecular weight is 390 g/mol. The lowest BCUT2D eigenvalue weighted by Crippen LogP contribution is -2.35. The van der Waals surface area contributed by atoms with Crippen LogP contribution in [0.1, 0.15) is 45.8 Å². The normalized spacial score (nSPS) is 16.1. The van der Waals surface area contributed by atoms with Crippen molar-refractivity contribution in [1.29, 1.82) is 0 Å². The fourth-order valence-electron chi connectivity index (χ4n) is 3.95. The van der Waals surface area contributed by atoms with Crippen LogP contribution in [-0.4, -0.2) is 42.9 Å². The molecule has 0 saturated carbocycles. The molecule has 4 rings (SSSR count). The van der Waals surface area contributed by atoms with E-state index < -0.39 is 6.04 Å². The molecule has 0 fully saturated rings. The molecule has 5 nitrogen and oxygen atoms in total. The molecular weight excluding hydrogens is 364 g/mol. The first-order valence-electron chi connectivity index (χ1n) is 10.0. The summed E-state index contributed by atoms with van der Waals surface area (Å²) in [5.74, 6) is -0.0410. The van der Waals surface area contributed by atoms with Gasteiger partial charge >= 0.3 is 0 Å². The number of carbonyl (C=O) groups excluding carboxylic acids is 1. The van der Waals surface area contributed by atoms with Gasteiger partial charge in [-0.25, -0.2) is 0 Å². The van der Waals surface area contributed by atoms with Crippen LogP contribution in [-0.2, 0) is 6.42 Å². The third kappa shape index (κ3) is 3.36. The van der Waals surface area contributed by atoms with Gasteiger partial charge in [0.15, 0.2) is 5.43 Å². The Balaban J connectivity index is 1.92. The molecule has 1 atom stereocenters. The van der Waals surface area contributed by atoms with Gasteiger partial charge in [-0.15, -0.1) is 0 Å². The van der Waals surface area contributed by atoms with E-state index in [2.05, 4.69) is 19.1 Å². The van der Waals surface area contributed by atoms with Gasteiger partial charge in [-0.05, 0) is 50.7 Å². The van der Waals surface area contributed by atoms with Gasteiger partial charge in [0, 0.05) is 13.1 Å². The molecule has 29 heavy (non-hydrogen) atoms. The van der Waals surface area contributed by atoms with Crippen molar-refractivity contribution in [1.82, 2.24) is 9.80 Å². The molecule has 1 amide bonds. The smallest absolute Gasteiger partial charge is 0.290 e. The summed E-state index contributed by atoms with van der Waals surface area (Å²) in [5.41, 5.74) is 3.95. The minimum Gasteiger partial charge on any atom is -0.450 e. The molecule has 1 aromatic heterocycles. The highest BCUT2D eigenvalue weighted by Gasteiger charge is 2.42. The largest absolute Gasteiger partial charge is 0.450 e. The summed E-state index contributed by atoms with van der Waals surface area (Å²) in [6.07, 6.45) is 0.941. The maximum Gasteiger partial charge on any atom is 0.290 e. The maximum atomic E-state index is 13.5. The van der Waals surface area contributed by atoms with E-state index in [1.54, 1.807) is 11.0 Å². The molecule has 2 aromatic carbocycles. The molecule has 0 bridgehead atoms. The van der Waals surface area contributed by atoms with Crippen molar-refractivity contribution in [2.75, 3.05) is 27.2 Å². The summed E-state index contributed by atoms with van der Waals surface area (Å²) in [7, 11) is 3.94. The van der Waals surface area contributed by atoms with Crippen molar-refractivity contribution >= 4 is 16.9 Å². The van der Waals surface area contributed by atoms with Crippen molar-refractivity contribution in [3.63, 3.8) is 0 Å². The standard InChI is InChI=1S/C24H26N2O3/c1-5-16-7-9-17(10-8-16)21-20-22(27)18-14-15(2)6-11-19(18)29-23(20)24(28)26(21)13-12-25(3)4/h6-11,14,21H,5,12-13H2,1-4H3. The Morgan fingerprint density at radius 3 is 2.45 bits per heavy atom. The van der Waals surface area contributed by atoms with Crippen LogP contribution in [0.2, 0.25) is 0 Å². The number of benzene rings is 2. The zero-order chi connectivity index (χ0) is 20.7. The molecule has 0 spiro atoms. The van der Waals surface area contributed by atoms with Gasteiger partial charge in [0.25, 0.3) is 5.91 Å². The summed E-state index contributed by atoms with van der Waals surface area (Å²) in [6, 6.07) is 13.2. The first-order chi connectivity index (χ1) is 13.9. The number of aryl methyl sites for hydroxylation is 2. The van der Waals surface area contributed by atoms with Gasteiger partial charge in [-0.2, -0.15) is 0 Å². The third-order valence-corrected chi connectivity index (χ3v) is 5.61. The van der Waals surface area contributed by atoms with Gasteiger partial charge in [0.1, 0.15) is 5.58 Å². The van der Waals surface area contributed by atoms with Crippen LogP contribution < -0.4 is 5.43 Å². The predicted octanol–water partition coefficient (Wildman–Crippen LogP) is 3.77. The minimum atomic E-state index is -0.426. The fraction of sp³-hybridized carbons (Fsp3) is 0.333. The lowest BCUT2D eigenvalue weighted by atomic mass is 9.97. The first kappa shape index (κ1) is 19.4. The second-order valence-electron chi connectivity index (χ2n) is 7.97. The number of rotatable bonds is 5. The van der Waals surface area contributed by atoms with E-state index in [9.17, 15) is 9.59 Å². The van der Waals surface area contributed by atoms with Gasteiger partial charge in [-0.1, -0.05) is 42.8 Å². The van der Waals surface area contributed by atoms with Crippen LogP contribution in [0.4, 0.5) is 0 Å². The molecule has 0 aliphatic carbocycles. The Morgan fingerprint density at radius 2 is 1.79 bits per heavy atom. The lowest BCUT2D eigenvalue weighted by molar-refractivity contribution is 0.0716. The van der Waals surface area contributed by atoms with Gasteiger partial charge in [0.05, 0.1) is 17.0 Å². The molecule has 2 heterocycles. The van der Waals surface area contributed by atoms with Gasteiger partial charge < -0.3 is 14.2 Å². The zero-order valence-corrected chi connectivity index (χ0v) is 17.4. The molecule has 0 radical (unpaired) electrons. The second-order valence-corrected chi connectivity index (χ2v) is 7.97. The van der Waals surface area contributed by atoms with Crippen molar-refractivity contribution in [2.24, 2.45) is 0 Å². The van der Waals surface area contributed by atoms with Crippen LogP contribution in [0.3, 0.4) is 0 Å². The predicted molar refractivity (Wildman–Crippen MR) is 114 cm³/mol. The average Bonchev–Trinajstić information content (AvgIpc) is 2.99. The topological polar surface area (TPSA) is 53.8 Å². The number of hydrogen-bond donors (Lipinski definition) is 0. The number of fused-ring (bicyclic) bond motifs is 2. The highest BCUT2D eigenvalue weighted by molar-refractivity contribution is 5.99. The number of hydrogen-bond acceptors (Lipinski definition) is 4. The van der Waals surface area contributed by atoms with E-state index in [0.29, 0.717) is 29.6 Å². The molecule has 5 heteroatoms. The van der Waals surface area contributed by atoms with Gasteiger partial charge in [-0.3, -0.25) is 9.59 Å². The van der Waals surface area contributed by atoms with E-state index in [1.165, 1.54) is 5.56 Å². The summed E-state index contributed by atoms with van der Waals surface area (Å²) >= 11 is 0. The minimum absolute atomic E-state index is 0.116. The van der Waals surface area contributed by atoms with E-state index >= 15 is 0 Å². The number of carbonyl (C=O) groups is 1. The van der Waals surface area contributed by atoms with Crippen LogP contribution in [0.15, 0.2) is 51.7 Å². The number of amides is 1. The third-order valence-electron chi connectivity index (χ3n) is 5.61. The molecule has 1 aliphatic rings. The summed E-state index contributed by atoms with van der Waals surface area (Å²) in [5, 5.41) is 0.529. The van der Waals surface area contributed by atoms with Crippen molar-refractivity contribution < 1.29 is 9.21 Å². The monoisotopic (exact) mass is 390 g/mol. The Kier molecular flexibility index (Phi) is 5.01. The Hall–Kier alpha value is -2.92. The van der Waals surface area contributed by atoms with Crippen LogP contribution in [0, 0.1) is 6.92 Å². The summed E-state index contributed by atoms with van der Waals surface area (Å²) in [6.45, 7) is 5.28. The highest BCUT2D eigenvalue weighted by Crippen LogP contribution is 2.38.